The van der Waals surface area contributed by atoms with Gasteiger partial charge in [-0.2, -0.15) is 0 Å². The van der Waals surface area contributed by atoms with E-state index < -0.39 is 34.0 Å². The van der Waals surface area contributed by atoms with E-state index in [1.54, 1.807) is 51.3 Å². The number of carbonyl (C=O) groups excluding carboxylic acids is 5. The molecule has 0 spiro atoms. The van der Waals surface area contributed by atoms with E-state index >= 15 is 0 Å². The van der Waals surface area contributed by atoms with Crippen molar-refractivity contribution < 1.29 is 38.6 Å². The number of allylic oxidation sites excluding steroid dienone is 1. The molecular formula is C42H56N2O8. The number of aldehydes is 1. The molecule has 2 aliphatic rings. The van der Waals surface area contributed by atoms with Gasteiger partial charge in [0.05, 0.1) is 29.5 Å². The zero-order valence-electron chi connectivity index (χ0n) is 32.1. The van der Waals surface area contributed by atoms with Gasteiger partial charge in [-0.05, 0) is 84.9 Å². The summed E-state index contributed by atoms with van der Waals surface area (Å²) in [6.45, 7) is 22.5. The van der Waals surface area contributed by atoms with Crippen LogP contribution in [0.1, 0.15) is 104 Å². The second kappa shape index (κ2) is 16.8. The number of likely N-dealkylation sites (tertiary alicyclic amines) is 2. The number of hydrogen-bond donors (Lipinski definition) is 1. The van der Waals surface area contributed by atoms with Gasteiger partial charge in [0.2, 0.25) is 11.8 Å². The normalized spacial score (nSPS) is 21.5. The highest BCUT2D eigenvalue weighted by atomic mass is 16.6. The second-order valence-corrected chi connectivity index (χ2v) is 16.2. The third kappa shape index (κ3) is 10.7. The smallest absolute Gasteiger partial charge is 0.315 e. The lowest BCUT2D eigenvalue weighted by Crippen LogP contribution is -2.41. The Bertz CT molecular complexity index is 1620. The fourth-order valence-electron chi connectivity index (χ4n) is 6.69. The molecule has 0 aromatic heterocycles. The summed E-state index contributed by atoms with van der Waals surface area (Å²) in [6, 6.07) is 19.1. The Hall–Kier alpha value is -4.57. The minimum absolute atomic E-state index is 0.0198. The highest BCUT2D eigenvalue weighted by Gasteiger charge is 2.53. The van der Waals surface area contributed by atoms with Crippen LogP contribution in [0.15, 0.2) is 85.0 Å². The fraction of sp³-hybridized carbons (Fsp3) is 0.500. The Morgan fingerprint density at radius 2 is 1.12 bits per heavy atom. The van der Waals surface area contributed by atoms with E-state index in [4.69, 9.17) is 9.47 Å². The summed E-state index contributed by atoms with van der Waals surface area (Å²) >= 11 is 0. The molecule has 282 valence electrons. The predicted molar refractivity (Wildman–Crippen MR) is 200 cm³/mol. The van der Waals surface area contributed by atoms with Crippen LogP contribution < -0.4 is 0 Å². The molecule has 2 aromatic rings. The van der Waals surface area contributed by atoms with Crippen LogP contribution in [0, 0.1) is 10.8 Å². The van der Waals surface area contributed by atoms with Gasteiger partial charge in [0.15, 0.2) is 0 Å². The summed E-state index contributed by atoms with van der Waals surface area (Å²) < 4.78 is 11.2. The van der Waals surface area contributed by atoms with Gasteiger partial charge in [-0.1, -0.05) is 79.4 Å². The topological polar surface area (TPSA) is 131 Å². The first-order valence-electron chi connectivity index (χ1n) is 17.7. The summed E-state index contributed by atoms with van der Waals surface area (Å²) in [5, 5.41) is 9.39. The third-order valence-corrected chi connectivity index (χ3v) is 9.27. The van der Waals surface area contributed by atoms with Crippen LogP contribution in [-0.4, -0.2) is 75.8 Å². The van der Waals surface area contributed by atoms with Gasteiger partial charge in [-0.25, -0.2) is 0 Å². The molecule has 0 bridgehead atoms. The highest BCUT2D eigenvalue weighted by molar-refractivity contribution is 5.92. The largest absolute Gasteiger partial charge is 0.459 e. The van der Waals surface area contributed by atoms with Crippen LogP contribution >= 0.6 is 0 Å². The van der Waals surface area contributed by atoms with Gasteiger partial charge < -0.3 is 24.4 Å². The maximum Gasteiger partial charge on any atom is 0.315 e. The van der Waals surface area contributed by atoms with E-state index in [2.05, 4.69) is 13.2 Å². The molecule has 0 radical (unpaired) electrons. The van der Waals surface area contributed by atoms with Gasteiger partial charge in [-0.3, -0.25) is 24.0 Å². The first kappa shape index (κ1) is 41.8. The summed E-state index contributed by atoms with van der Waals surface area (Å²) in [5.74, 6) is -1.07. The monoisotopic (exact) mass is 716 g/mol. The average Bonchev–Trinajstić information content (AvgIpc) is 3.60. The summed E-state index contributed by atoms with van der Waals surface area (Å²) in [7, 11) is 0. The van der Waals surface area contributed by atoms with E-state index in [1.165, 1.54) is 0 Å². The average molecular weight is 717 g/mol. The quantitative estimate of drug-likeness (QED) is 0.111. The van der Waals surface area contributed by atoms with Crippen LogP contribution in [0.4, 0.5) is 0 Å². The number of aliphatic hydroxyl groups excluding tert-OH is 1. The maximum absolute atomic E-state index is 13.0. The van der Waals surface area contributed by atoms with E-state index in [0.717, 1.165) is 11.1 Å². The Balaban J connectivity index is 0.000000280. The Morgan fingerprint density at radius 3 is 1.44 bits per heavy atom. The zero-order valence-corrected chi connectivity index (χ0v) is 32.1. The van der Waals surface area contributed by atoms with Crippen LogP contribution in [0.2, 0.25) is 0 Å². The number of nitrogens with zero attached hydrogens (tertiary/aromatic N) is 2. The number of hydrogen-bond acceptors (Lipinski definition) is 8. The van der Waals surface area contributed by atoms with Gasteiger partial charge in [0, 0.05) is 25.9 Å². The Morgan fingerprint density at radius 1 is 0.750 bits per heavy atom. The molecule has 2 fully saturated rings. The number of rotatable bonds is 12. The number of esters is 2. The van der Waals surface area contributed by atoms with E-state index in [9.17, 15) is 29.1 Å². The van der Waals surface area contributed by atoms with E-state index in [0.29, 0.717) is 11.9 Å². The zero-order chi connectivity index (χ0) is 39.1. The standard InChI is InChI=1S/C21H29NO4.C21H27NO4/c2*1-15(13-23)11-21(19(25)26-20(3,4)5)12-18(24)22(14-21)16(2)17-9-7-6-8-10-17/h6-10,16,23H,1,11-14H2,2-5H3;6-10,13,16H,1,11-12,14H2,2-5H3/t2*16-,21+/m11/s1. The molecule has 0 aliphatic carbocycles. The van der Waals surface area contributed by atoms with Crippen molar-refractivity contribution in [2.24, 2.45) is 10.8 Å². The molecule has 0 unspecified atom stereocenters. The minimum atomic E-state index is -1.08. The molecule has 2 aromatic carbocycles. The molecule has 10 nitrogen and oxygen atoms in total. The molecular weight excluding hydrogens is 660 g/mol. The summed E-state index contributed by atoms with van der Waals surface area (Å²) in [4.78, 5) is 65.9. The van der Waals surface area contributed by atoms with E-state index in [1.807, 2.05) is 74.5 Å². The van der Waals surface area contributed by atoms with E-state index in [-0.39, 0.29) is 74.9 Å². The van der Waals surface area contributed by atoms with Crippen molar-refractivity contribution in [2.75, 3.05) is 19.7 Å². The highest BCUT2D eigenvalue weighted by Crippen LogP contribution is 2.44. The van der Waals surface area contributed by atoms with Crippen LogP contribution in [0.3, 0.4) is 0 Å². The molecule has 2 heterocycles. The molecule has 4 rings (SSSR count). The van der Waals surface area contributed by atoms with Crippen LogP contribution in [0.25, 0.3) is 0 Å². The van der Waals surface area contributed by atoms with Crippen molar-refractivity contribution in [3.8, 4) is 0 Å². The lowest BCUT2D eigenvalue weighted by Gasteiger charge is -2.32. The molecule has 1 N–H and O–H groups in total. The van der Waals surface area contributed by atoms with Gasteiger partial charge in [-0.15, -0.1) is 0 Å². The fourth-order valence-corrected chi connectivity index (χ4v) is 6.69. The molecule has 2 amide bonds. The van der Waals surface area contributed by atoms with Crippen molar-refractivity contribution in [2.45, 2.75) is 104 Å². The molecule has 2 aliphatic heterocycles. The molecule has 0 saturated carbocycles. The lowest BCUT2D eigenvalue weighted by molar-refractivity contribution is -0.168. The maximum atomic E-state index is 13.0. The van der Waals surface area contributed by atoms with Crippen molar-refractivity contribution in [1.29, 1.82) is 0 Å². The second-order valence-electron chi connectivity index (χ2n) is 16.2. The summed E-state index contributed by atoms with van der Waals surface area (Å²) in [5.41, 5.74) is -0.577. The molecule has 2 saturated heterocycles. The Kier molecular flexibility index (Phi) is 13.6. The SMILES string of the molecule is C=C(C=O)C[C@]1(C(=O)OC(C)(C)C)CC(=O)N([C@H](C)c2ccccc2)C1.C=C(CO)C[C@]1(C(=O)OC(C)(C)C)CC(=O)N([C@H](C)c2ccccc2)C1. The summed E-state index contributed by atoms with van der Waals surface area (Å²) in [6.07, 6.45) is 1.08. The number of benzene rings is 2. The van der Waals surface area contributed by atoms with Crippen molar-refractivity contribution in [3.05, 3.63) is 96.1 Å². The molecule has 4 atom stereocenters. The van der Waals surface area contributed by atoms with Gasteiger partial charge in [0.25, 0.3) is 0 Å². The Labute approximate surface area is 308 Å². The lowest BCUT2D eigenvalue weighted by atomic mass is 9.80. The number of carbonyl (C=O) groups is 5. The number of amides is 2. The predicted octanol–water partition coefficient (Wildman–Crippen LogP) is 6.70. The molecule has 10 heteroatoms. The van der Waals surface area contributed by atoms with Crippen LogP contribution in [-0.2, 0) is 33.4 Å². The number of ether oxygens (including phenoxy) is 2. The van der Waals surface area contributed by atoms with Gasteiger partial charge >= 0.3 is 11.9 Å². The minimum Gasteiger partial charge on any atom is -0.459 e. The third-order valence-electron chi connectivity index (χ3n) is 9.27. The van der Waals surface area contributed by atoms with Crippen molar-refractivity contribution >= 4 is 30.0 Å². The molecule has 52 heavy (non-hydrogen) atoms. The first-order valence-corrected chi connectivity index (χ1v) is 17.7. The first-order chi connectivity index (χ1) is 24.2. The van der Waals surface area contributed by atoms with Crippen molar-refractivity contribution in [3.63, 3.8) is 0 Å². The van der Waals surface area contributed by atoms with Crippen LogP contribution in [0.5, 0.6) is 0 Å². The number of aliphatic hydroxyl groups is 1. The van der Waals surface area contributed by atoms with Gasteiger partial charge in [0.1, 0.15) is 17.5 Å². The van der Waals surface area contributed by atoms with Crippen molar-refractivity contribution in [1.82, 2.24) is 9.80 Å².